The monoisotopic (exact) mass is 451 g/mol. The van der Waals surface area contributed by atoms with Crippen LogP contribution in [-0.4, -0.2) is 31.9 Å². The van der Waals surface area contributed by atoms with Crippen molar-refractivity contribution in [1.29, 1.82) is 0 Å². The summed E-state index contributed by atoms with van der Waals surface area (Å²) in [5.41, 5.74) is 1.81. The van der Waals surface area contributed by atoms with E-state index < -0.39 is 15.8 Å². The highest BCUT2D eigenvalue weighted by atomic mass is 32.2. The van der Waals surface area contributed by atoms with Gasteiger partial charge in [-0.3, -0.25) is 0 Å². The van der Waals surface area contributed by atoms with Crippen LogP contribution in [0.4, 0.5) is 4.39 Å². The normalized spacial score (nSPS) is 15.8. The van der Waals surface area contributed by atoms with E-state index >= 15 is 0 Å². The Morgan fingerprint density at radius 1 is 0.906 bits per heavy atom. The lowest BCUT2D eigenvalue weighted by molar-refractivity contribution is 0.135. The van der Waals surface area contributed by atoms with Gasteiger partial charge < -0.3 is 9.15 Å². The first-order chi connectivity index (χ1) is 15.5. The molecule has 0 saturated carbocycles. The maximum atomic E-state index is 13.5. The molecule has 0 radical (unpaired) electrons. The highest BCUT2D eigenvalue weighted by Crippen LogP contribution is 2.30. The van der Waals surface area contributed by atoms with Gasteiger partial charge in [-0.15, -0.1) is 0 Å². The summed E-state index contributed by atoms with van der Waals surface area (Å²) in [6, 6.07) is 22.7. The number of benzene rings is 3. The van der Waals surface area contributed by atoms with Crippen molar-refractivity contribution in [2.75, 3.05) is 13.1 Å². The van der Waals surface area contributed by atoms with Crippen molar-refractivity contribution in [1.82, 2.24) is 4.31 Å². The Kier molecular flexibility index (Phi) is 5.45. The smallest absolute Gasteiger partial charge is 0.243 e. The first-order valence-electron chi connectivity index (χ1n) is 10.5. The van der Waals surface area contributed by atoms with Gasteiger partial charge in [-0.2, -0.15) is 4.31 Å². The van der Waals surface area contributed by atoms with E-state index in [2.05, 4.69) is 0 Å². The van der Waals surface area contributed by atoms with Crippen LogP contribution < -0.4 is 4.74 Å². The molecule has 0 spiro atoms. The molecule has 0 aliphatic carbocycles. The summed E-state index contributed by atoms with van der Waals surface area (Å²) in [6.45, 7) is 0.668. The quantitative estimate of drug-likeness (QED) is 0.404. The molecule has 7 heteroatoms. The number of halogens is 1. The number of nitrogens with zero attached hydrogens (tertiary/aromatic N) is 1. The lowest BCUT2D eigenvalue weighted by atomic mass is 10.1. The molecule has 2 heterocycles. The predicted octanol–water partition coefficient (Wildman–Crippen LogP) is 5.47. The molecule has 1 saturated heterocycles. The Balaban J connectivity index is 1.22. The van der Waals surface area contributed by atoms with Crippen LogP contribution >= 0.6 is 0 Å². The van der Waals surface area contributed by atoms with Gasteiger partial charge in [0.15, 0.2) is 0 Å². The molecule has 1 aromatic heterocycles. The summed E-state index contributed by atoms with van der Waals surface area (Å²) in [4.78, 5) is -0.0157. The summed E-state index contributed by atoms with van der Waals surface area (Å²) in [6.07, 6.45) is 1.06. The molecule has 5 rings (SSSR count). The Labute approximate surface area is 186 Å². The molecule has 1 aliphatic heterocycles. The van der Waals surface area contributed by atoms with Crippen LogP contribution in [-0.2, 0) is 10.0 Å². The number of ether oxygens (including phenoxy) is 1. The highest BCUT2D eigenvalue weighted by Gasteiger charge is 2.30. The Morgan fingerprint density at radius 2 is 1.66 bits per heavy atom. The third-order valence-corrected chi connectivity index (χ3v) is 7.60. The fourth-order valence-corrected chi connectivity index (χ4v) is 5.48. The van der Waals surface area contributed by atoms with Crippen molar-refractivity contribution in [2.45, 2.75) is 23.8 Å². The van der Waals surface area contributed by atoms with Gasteiger partial charge in [0.25, 0.3) is 0 Å². The standard InChI is InChI=1S/C25H22FNO4S/c26-20-5-3-6-23(17-20)32(28,29)27-14-12-22(13-15-27)30-21-10-8-18(9-11-21)25-16-19-4-1-2-7-24(19)31-25/h1-11,16-17,22H,12-15H2. The molecule has 0 unspecified atom stereocenters. The van der Waals surface area contributed by atoms with Gasteiger partial charge in [0.1, 0.15) is 29.0 Å². The highest BCUT2D eigenvalue weighted by molar-refractivity contribution is 7.89. The lowest BCUT2D eigenvalue weighted by Crippen LogP contribution is -2.41. The number of rotatable bonds is 5. The third-order valence-electron chi connectivity index (χ3n) is 5.70. The van der Waals surface area contributed by atoms with Crippen LogP contribution in [0, 0.1) is 5.82 Å². The average Bonchev–Trinajstić information content (AvgIpc) is 3.24. The summed E-state index contributed by atoms with van der Waals surface area (Å²) >= 11 is 0. The van der Waals surface area contributed by atoms with Gasteiger partial charge in [0.05, 0.1) is 4.90 Å². The van der Waals surface area contributed by atoms with Gasteiger partial charge in [0.2, 0.25) is 10.0 Å². The Morgan fingerprint density at radius 3 is 2.38 bits per heavy atom. The second-order valence-electron chi connectivity index (χ2n) is 7.85. The van der Waals surface area contributed by atoms with Crippen molar-refractivity contribution in [3.05, 3.63) is 84.7 Å². The number of sulfonamides is 1. The van der Waals surface area contributed by atoms with Crippen LogP contribution in [0.5, 0.6) is 5.75 Å². The second-order valence-corrected chi connectivity index (χ2v) is 9.79. The summed E-state index contributed by atoms with van der Waals surface area (Å²) in [5, 5.41) is 1.06. The van der Waals surface area contributed by atoms with E-state index in [1.54, 1.807) is 0 Å². The molecule has 32 heavy (non-hydrogen) atoms. The molecule has 1 fully saturated rings. The lowest BCUT2D eigenvalue weighted by Gasteiger charge is -2.31. The number of hydrogen-bond donors (Lipinski definition) is 0. The van der Waals surface area contributed by atoms with Gasteiger partial charge in [-0.05, 0) is 67.4 Å². The first kappa shape index (κ1) is 20.7. The molecule has 0 N–H and O–H groups in total. The fraction of sp³-hybridized carbons (Fsp3) is 0.200. The van der Waals surface area contributed by atoms with Crippen LogP contribution in [0.15, 0.2) is 88.2 Å². The summed E-state index contributed by atoms with van der Waals surface area (Å²) in [7, 11) is -3.70. The molecule has 3 aromatic carbocycles. The number of para-hydroxylation sites is 1. The maximum absolute atomic E-state index is 13.5. The topological polar surface area (TPSA) is 59.8 Å². The SMILES string of the molecule is O=S(=O)(c1cccc(F)c1)N1CCC(Oc2ccc(-c3cc4ccccc4o3)cc2)CC1. The minimum Gasteiger partial charge on any atom is -0.490 e. The zero-order chi connectivity index (χ0) is 22.1. The van der Waals surface area contributed by atoms with Gasteiger partial charge in [-0.1, -0.05) is 24.3 Å². The molecule has 0 amide bonds. The van der Waals surface area contributed by atoms with E-state index in [9.17, 15) is 12.8 Å². The van der Waals surface area contributed by atoms with Crippen LogP contribution in [0.3, 0.4) is 0 Å². The molecule has 164 valence electrons. The Hall–Kier alpha value is -3.16. The van der Waals surface area contributed by atoms with Crippen LogP contribution in [0.2, 0.25) is 0 Å². The molecule has 1 aliphatic rings. The van der Waals surface area contributed by atoms with Crippen LogP contribution in [0.25, 0.3) is 22.3 Å². The molecular formula is C25H22FNO4S. The van der Waals surface area contributed by atoms with E-state index in [-0.39, 0.29) is 11.0 Å². The van der Waals surface area contributed by atoms with Crippen molar-refractivity contribution < 1.29 is 22.0 Å². The van der Waals surface area contributed by atoms with E-state index in [1.807, 2.05) is 54.6 Å². The maximum Gasteiger partial charge on any atom is 0.243 e. The van der Waals surface area contributed by atoms with Gasteiger partial charge >= 0.3 is 0 Å². The minimum atomic E-state index is -3.70. The van der Waals surface area contributed by atoms with E-state index in [1.165, 1.54) is 22.5 Å². The molecule has 0 atom stereocenters. The van der Waals surface area contributed by atoms with E-state index in [0.29, 0.717) is 25.9 Å². The van der Waals surface area contributed by atoms with E-state index in [4.69, 9.17) is 9.15 Å². The van der Waals surface area contributed by atoms with Crippen LogP contribution in [0.1, 0.15) is 12.8 Å². The zero-order valence-electron chi connectivity index (χ0n) is 17.3. The number of furan rings is 1. The number of hydrogen-bond acceptors (Lipinski definition) is 4. The van der Waals surface area contributed by atoms with Gasteiger partial charge in [-0.25, -0.2) is 12.8 Å². The average molecular weight is 452 g/mol. The number of fused-ring (bicyclic) bond motifs is 1. The number of piperidine rings is 1. The third kappa shape index (κ3) is 4.13. The zero-order valence-corrected chi connectivity index (χ0v) is 18.1. The predicted molar refractivity (Wildman–Crippen MR) is 120 cm³/mol. The van der Waals surface area contributed by atoms with Crippen molar-refractivity contribution in [2.24, 2.45) is 0 Å². The Bertz CT molecular complexity index is 1310. The molecular weight excluding hydrogens is 429 g/mol. The van der Waals surface area contributed by atoms with Crippen molar-refractivity contribution in [3.63, 3.8) is 0 Å². The summed E-state index contributed by atoms with van der Waals surface area (Å²) < 4.78 is 52.3. The molecule has 4 aromatic rings. The van der Waals surface area contributed by atoms with E-state index in [0.717, 1.165) is 34.1 Å². The minimum absolute atomic E-state index is 0.0157. The van der Waals surface area contributed by atoms with Gasteiger partial charge in [0, 0.05) is 24.0 Å². The summed E-state index contributed by atoms with van der Waals surface area (Å²) in [5.74, 6) is 0.973. The molecule has 5 nitrogen and oxygen atoms in total. The second kappa shape index (κ2) is 8.41. The van der Waals surface area contributed by atoms with Crippen molar-refractivity contribution in [3.8, 4) is 17.1 Å². The van der Waals surface area contributed by atoms with Crippen molar-refractivity contribution >= 4 is 21.0 Å². The molecule has 0 bridgehead atoms. The first-order valence-corrected chi connectivity index (χ1v) is 11.9. The largest absolute Gasteiger partial charge is 0.490 e. The fourth-order valence-electron chi connectivity index (χ4n) is 3.98.